The maximum absolute atomic E-state index is 11.7. The normalized spacial score (nSPS) is 10.9. The highest BCUT2D eigenvalue weighted by Gasteiger charge is 2.18. The van der Waals surface area contributed by atoms with Crippen LogP contribution in [0.3, 0.4) is 0 Å². The quantitative estimate of drug-likeness (QED) is 0.716. The van der Waals surface area contributed by atoms with Gasteiger partial charge in [0.25, 0.3) is 0 Å². The molecule has 2 rings (SSSR count). The Bertz CT molecular complexity index is 835. The number of methoxy groups -OCH3 is 5. The van der Waals surface area contributed by atoms with E-state index in [0.29, 0.717) is 45.4 Å². The number of hydrogen-bond donors (Lipinski definition) is 1. The molecule has 7 nitrogen and oxygen atoms in total. The monoisotopic (exact) mass is 373 g/mol. The van der Waals surface area contributed by atoms with Gasteiger partial charge in [0.05, 0.1) is 35.5 Å². The van der Waals surface area contributed by atoms with Crippen LogP contribution in [-0.2, 0) is 4.79 Å². The smallest absolute Gasteiger partial charge is 0.242 e. The van der Waals surface area contributed by atoms with Gasteiger partial charge in [-0.25, -0.2) is 0 Å². The Morgan fingerprint density at radius 3 is 1.70 bits per heavy atom. The number of ether oxygens (including phenoxy) is 5. The van der Waals surface area contributed by atoms with Gasteiger partial charge >= 0.3 is 0 Å². The van der Waals surface area contributed by atoms with Gasteiger partial charge in [0, 0.05) is 6.08 Å². The summed E-state index contributed by atoms with van der Waals surface area (Å²) < 4.78 is 26.8. The summed E-state index contributed by atoms with van der Waals surface area (Å²) in [6.07, 6.45) is 1.34. The van der Waals surface area contributed by atoms with E-state index in [1.807, 2.05) is 0 Å². The molecule has 0 aliphatic carbocycles. The number of rotatable bonds is 8. The van der Waals surface area contributed by atoms with E-state index in [0.717, 1.165) is 0 Å². The summed E-state index contributed by atoms with van der Waals surface area (Å²) in [7, 11) is 7.66. The van der Waals surface area contributed by atoms with Crippen molar-refractivity contribution in [2.24, 2.45) is 5.73 Å². The van der Waals surface area contributed by atoms with E-state index in [1.165, 1.54) is 27.4 Å². The van der Waals surface area contributed by atoms with Crippen LogP contribution in [-0.4, -0.2) is 41.5 Å². The molecule has 0 saturated carbocycles. The van der Waals surface area contributed by atoms with Gasteiger partial charge in [-0.1, -0.05) is 6.07 Å². The Kier molecular flexibility index (Phi) is 6.54. The zero-order chi connectivity index (χ0) is 20.0. The zero-order valence-corrected chi connectivity index (χ0v) is 16.0. The standard InChI is InChI=1S/C20H23NO6/c1-23-15-7-6-12(8-16(15)24-2)14(11-19(21)22)13-9-17(25-3)20(27-5)18(10-13)26-4/h6-11H,1-5H3,(H2,21,22)/b14-11-. The molecule has 0 spiro atoms. The molecule has 0 aliphatic heterocycles. The third kappa shape index (κ3) is 4.25. The van der Waals surface area contributed by atoms with Gasteiger partial charge in [-0.05, 0) is 41.0 Å². The summed E-state index contributed by atoms with van der Waals surface area (Å²) in [5.41, 5.74) is 7.38. The van der Waals surface area contributed by atoms with Crippen LogP contribution in [0, 0.1) is 0 Å². The minimum Gasteiger partial charge on any atom is -0.493 e. The zero-order valence-electron chi connectivity index (χ0n) is 16.0. The summed E-state index contributed by atoms with van der Waals surface area (Å²) in [6.45, 7) is 0. The first kappa shape index (κ1) is 20.0. The van der Waals surface area contributed by atoms with Crippen molar-refractivity contribution >= 4 is 11.5 Å². The van der Waals surface area contributed by atoms with Crippen LogP contribution in [0.15, 0.2) is 36.4 Å². The van der Waals surface area contributed by atoms with Crippen LogP contribution in [0.1, 0.15) is 11.1 Å². The van der Waals surface area contributed by atoms with Gasteiger partial charge in [-0.2, -0.15) is 0 Å². The van der Waals surface area contributed by atoms with Crippen molar-refractivity contribution < 1.29 is 28.5 Å². The number of primary amides is 1. The van der Waals surface area contributed by atoms with Crippen molar-refractivity contribution in [2.75, 3.05) is 35.5 Å². The van der Waals surface area contributed by atoms with Gasteiger partial charge < -0.3 is 29.4 Å². The van der Waals surface area contributed by atoms with Crippen LogP contribution in [0.25, 0.3) is 5.57 Å². The predicted octanol–water partition coefficient (Wildman–Crippen LogP) is 2.65. The van der Waals surface area contributed by atoms with Crippen molar-refractivity contribution in [1.82, 2.24) is 0 Å². The van der Waals surface area contributed by atoms with E-state index >= 15 is 0 Å². The molecular formula is C20H23NO6. The van der Waals surface area contributed by atoms with E-state index in [-0.39, 0.29) is 0 Å². The molecule has 0 atom stereocenters. The molecule has 2 N–H and O–H groups in total. The van der Waals surface area contributed by atoms with E-state index in [9.17, 15) is 4.79 Å². The Labute approximate surface area is 158 Å². The molecule has 0 bridgehead atoms. The minimum atomic E-state index is -0.589. The molecule has 0 unspecified atom stereocenters. The van der Waals surface area contributed by atoms with Crippen molar-refractivity contribution in [2.45, 2.75) is 0 Å². The van der Waals surface area contributed by atoms with Crippen LogP contribution in [0.2, 0.25) is 0 Å². The first-order chi connectivity index (χ1) is 13.0. The number of amides is 1. The van der Waals surface area contributed by atoms with E-state index in [1.54, 1.807) is 44.6 Å². The number of hydrogen-bond acceptors (Lipinski definition) is 6. The second-order valence-corrected chi connectivity index (χ2v) is 5.44. The lowest BCUT2D eigenvalue weighted by Crippen LogP contribution is -2.08. The molecule has 1 amide bonds. The highest BCUT2D eigenvalue weighted by atomic mass is 16.5. The number of benzene rings is 2. The van der Waals surface area contributed by atoms with Gasteiger partial charge in [0.1, 0.15) is 0 Å². The molecule has 144 valence electrons. The summed E-state index contributed by atoms with van der Waals surface area (Å²) in [5, 5.41) is 0. The second-order valence-electron chi connectivity index (χ2n) is 5.44. The molecule has 0 saturated heterocycles. The average Bonchev–Trinajstić information content (AvgIpc) is 2.70. The fourth-order valence-electron chi connectivity index (χ4n) is 2.72. The maximum atomic E-state index is 11.7. The van der Waals surface area contributed by atoms with Gasteiger partial charge in [0.2, 0.25) is 11.7 Å². The molecule has 2 aromatic rings. The average molecular weight is 373 g/mol. The number of carbonyl (C=O) groups excluding carboxylic acids is 1. The maximum Gasteiger partial charge on any atom is 0.242 e. The fraction of sp³-hybridized carbons (Fsp3) is 0.250. The lowest BCUT2D eigenvalue weighted by Gasteiger charge is -2.17. The van der Waals surface area contributed by atoms with E-state index in [2.05, 4.69) is 0 Å². The fourth-order valence-corrected chi connectivity index (χ4v) is 2.72. The molecule has 0 fully saturated rings. The first-order valence-corrected chi connectivity index (χ1v) is 8.02. The molecule has 0 heterocycles. The molecule has 7 heteroatoms. The lowest BCUT2D eigenvalue weighted by molar-refractivity contribution is -0.113. The van der Waals surface area contributed by atoms with Crippen LogP contribution < -0.4 is 29.4 Å². The minimum absolute atomic E-state index is 0.453. The highest BCUT2D eigenvalue weighted by Crippen LogP contribution is 2.42. The van der Waals surface area contributed by atoms with Crippen molar-refractivity contribution in [3.63, 3.8) is 0 Å². The number of nitrogens with two attached hydrogens (primary N) is 1. The van der Waals surface area contributed by atoms with Crippen LogP contribution >= 0.6 is 0 Å². The van der Waals surface area contributed by atoms with Crippen LogP contribution in [0.5, 0.6) is 28.7 Å². The lowest BCUT2D eigenvalue weighted by atomic mass is 9.96. The van der Waals surface area contributed by atoms with E-state index < -0.39 is 5.91 Å². The summed E-state index contributed by atoms with van der Waals surface area (Å²) in [4.78, 5) is 11.7. The summed E-state index contributed by atoms with van der Waals surface area (Å²) in [5.74, 6) is 1.88. The molecule has 27 heavy (non-hydrogen) atoms. The third-order valence-corrected chi connectivity index (χ3v) is 3.96. The topological polar surface area (TPSA) is 89.2 Å². The predicted molar refractivity (Wildman–Crippen MR) is 102 cm³/mol. The summed E-state index contributed by atoms with van der Waals surface area (Å²) in [6, 6.07) is 8.80. The van der Waals surface area contributed by atoms with Crippen molar-refractivity contribution in [1.29, 1.82) is 0 Å². The first-order valence-electron chi connectivity index (χ1n) is 8.02. The number of carbonyl (C=O) groups is 1. The highest BCUT2D eigenvalue weighted by molar-refractivity contribution is 5.99. The summed E-state index contributed by atoms with van der Waals surface area (Å²) >= 11 is 0. The SMILES string of the molecule is COc1ccc(/C(=C/C(N)=O)c2cc(OC)c(OC)c(OC)c2)cc1OC. The second kappa shape index (κ2) is 8.84. The van der Waals surface area contributed by atoms with Crippen LogP contribution in [0.4, 0.5) is 0 Å². The van der Waals surface area contributed by atoms with Gasteiger partial charge in [-0.15, -0.1) is 0 Å². The molecule has 0 aromatic heterocycles. The Morgan fingerprint density at radius 1 is 0.741 bits per heavy atom. The van der Waals surface area contributed by atoms with Gasteiger partial charge in [-0.3, -0.25) is 4.79 Å². The third-order valence-electron chi connectivity index (χ3n) is 3.96. The Balaban J connectivity index is 2.71. The largest absolute Gasteiger partial charge is 0.493 e. The van der Waals surface area contributed by atoms with E-state index in [4.69, 9.17) is 29.4 Å². The Morgan fingerprint density at radius 2 is 1.26 bits per heavy atom. The Hall–Kier alpha value is -3.35. The molecular weight excluding hydrogens is 350 g/mol. The molecule has 0 radical (unpaired) electrons. The molecule has 0 aliphatic rings. The van der Waals surface area contributed by atoms with Crippen molar-refractivity contribution in [3.8, 4) is 28.7 Å². The van der Waals surface area contributed by atoms with Crippen molar-refractivity contribution in [3.05, 3.63) is 47.5 Å². The molecule has 2 aromatic carbocycles. The van der Waals surface area contributed by atoms with Gasteiger partial charge in [0.15, 0.2) is 23.0 Å².